The van der Waals surface area contributed by atoms with Crippen LogP contribution in [0.3, 0.4) is 0 Å². The molecule has 1 aliphatic carbocycles. The second kappa shape index (κ2) is 10.4. The van der Waals surface area contributed by atoms with Gasteiger partial charge in [0.05, 0.1) is 23.2 Å². The summed E-state index contributed by atoms with van der Waals surface area (Å²) >= 11 is 6.30. The third-order valence-electron chi connectivity index (χ3n) is 5.53. The maximum absolute atomic E-state index is 13.3. The van der Waals surface area contributed by atoms with Gasteiger partial charge in [0.2, 0.25) is 5.78 Å². The van der Waals surface area contributed by atoms with Crippen LogP contribution in [0, 0.1) is 0 Å². The van der Waals surface area contributed by atoms with Crippen molar-refractivity contribution >= 4 is 33.5 Å². The van der Waals surface area contributed by atoms with Crippen LogP contribution in [0.2, 0.25) is 5.02 Å². The van der Waals surface area contributed by atoms with Crippen LogP contribution in [0.15, 0.2) is 49.1 Å². The first kappa shape index (κ1) is 25.2. The Morgan fingerprint density at radius 2 is 2.00 bits per heavy atom. The fourth-order valence-corrected chi connectivity index (χ4v) is 4.61. The molecule has 35 heavy (non-hydrogen) atoms. The van der Waals surface area contributed by atoms with Crippen molar-refractivity contribution in [3.8, 4) is 0 Å². The highest BCUT2D eigenvalue weighted by molar-refractivity contribution is 7.84. The Morgan fingerprint density at radius 3 is 2.71 bits per heavy atom. The number of rotatable bonds is 9. The fraction of sp³-hybridized carbons (Fsp3) is 0.333. The van der Waals surface area contributed by atoms with E-state index in [1.165, 1.54) is 12.5 Å². The third kappa shape index (κ3) is 5.66. The normalized spacial score (nSPS) is 22.3. The van der Waals surface area contributed by atoms with E-state index in [9.17, 15) is 23.4 Å². The smallest absolute Gasteiger partial charge is 0.335 e. The standard InChI is InChI=1S/C21H23ClN6O6S/c1-23-35(32,33)34-16-7-15(19(30)20(16)31)26-21-13(8-24-11-25-21)18(29)17-14(22)10-28(27-17)9-12-5-3-2-4-6-12/h2-6,8,10-11,15-16,19-20,23,30-31H,7,9H2,1H3,(H,24,25,26)/t15-,16-,19+,20+/m1/s1. The van der Waals surface area contributed by atoms with Gasteiger partial charge in [0.1, 0.15) is 30.5 Å². The second-order valence-electron chi connectivity index (χ2n) is 7.88. The summed E-state index contributed by atoms with van der Waals surface area (Å²) in [7, 11) is -2.93. The molecule has 0 saturated heterocycles. The largest absolute Gasteiger partial charge is 0.388 e. The molecule has 0 bridgehead atoms. The van der Waals surface area contributed by atoms with Gasteiger partial charge in [-0.2, -0.15) is 18.2 Å². The van der Waals surface area contributed by atoms with Gasteiger partial charge in [-0.1, -0.05) is 41.9 Å². The number of carbonyl (C=O) groups is 1. The van der Waals surface area contributed by atoms with Gasteiger partial charge in [0, 0.05) is 25.9 Å². The maximum atomic E-state index is 13.3. The molecule has 1 aliphatic rings. The average Bonchev–Trinajstić information content (AvgIpc) is 3.33. The Labute approximate surface area is 206 Å². The molecule has 1 fully saturated rings. The summed E-state index contributed by atoms with van der Waals surface area (Å²) in [5.41, 5.74) is 1.00. The molecule has 4 N–H and O–H groups in total. The SMILES string of the molecule is CNS(=O)(=O)O[C@@H]1C[C@@H](Nc2ncncc2C(=O)c2nn(Cc3ccccc3)cc2Cl)[C@H](O)[C@H]1O. The van der Waals surface area contributed by atoms with E-state index >= 15 is 0 Å². The molecule has 4 atom stereocenters. The second-order valence-corrected chi connectivity index (χ2v) is 9.80. The first-order valence-corrected chi connectivity index (χ1v) is 12.3. The monoisotopic (exact) mass is 522 g/mol. The van der Waals surface area contributed by atoms with Gasteiger partial charge in [0.25, 0.3) is 0 Å². The molecule has 2 heterocycles. The summed E-state index contributed by atoms with van der Waals surface area (Å²) in [6.45, 7) is 0.410. The highest BCUT2D eigenvalue weighted by Gasteiger charge is 2.44. The first-order chi connectivity index (χ1) is 16.7. The van der Waals surface area contributed by atoms with E-state index in [1.807, 2.05) is 35.1 Å². The summed E-state index contributed by atoms with van der Waals surface area (Å²) in [5.74, 6) is -0.490. The van der Waals surface area contributed by atoms with Gasteiger partial charge in [-0.25, -0.2) is 9.97 Å². The van der Waals surface area contributed by atoms with E-state index in [1.54, 1.807) is 10.9 Å². The molecule has 1 saturated carbocycles. The van der Waals surface area contributed by atoms with Gasteiger partial charge >= 0.3 is 10.3 Å². The van der Waals surface area contributed by atoms with Crippen molar-refractivity contribution in [2.75, 3.05) is 12.4 Å². The van der Waals surface area contributed by atoms with Gasteiger partial charge in [-0.15, -0.1) is 0 Å². The molecule has 0 spiro atoms. The number of benzene rings is 1. The van der Waals surface area contributed by atoms with Crippen LogP contribution in [-0.2, 0) is 21.0 Å². The molecule has 0 aliphatic heterocycles. The molecule has 3 aromatic rings. The number of aromatic nitrogens is 4. The number of aliphatic hydroxyl groups excluding tert-OH is 2. The Morgan fingerprint density at radius 1 is 1.26 bits per heavy atom. The lowest BCUT2D eigenvalue weighted by molar-refractivity contribution is -0.00882. The van der Waals surface area contributed by atoms with Crippen LogP contribution in [0.25, 0.3) is 0 Å². The average molecular weight is 523 g/mol. The molecule has 186 valence electrons. The molecule has 12 nitrogen and oxygen atoms in total. The minimum absolute atomic E-state index is 0.00576. The number of anilines is 1. The minimum atomic E-state index is -4.09. The van der Waals surface area contributed by atoms with E-state index in [0.29, 0.717) is 6.54 Å². The first-order valence-electron chi connectivity index (χ1n) is 10.5. The van der Waals surface area contributed by atoms with Crippen LogP contribution >= 0.6 is 11.6 Å². The number of hydrogen-bond acceptors (Lipinski definition) is 10. The minimum Gasteiger partial charge on any atom is -0.388 e. The van der Waals surface area contributed by atoms with Crippen molar-refractivity contribution in [1.82, 2.24) is 24.5 Å². The van der Waals surface area contributed by atoms with Gasteiger partial charge in [-0.3, -0.25) is 13.7 Å². The van der Waals surface area contributed by atoms with Crippen LogP contribution in [0.1, 0.15) is 28.0 Å². The maximum Gasteiger partial charge on any atom is 0.335 e. The number of hydrogen-bond donors (Lipinski definition) is 4. The quantitative estimate of drug-likeness (QED) is 0.288. The van der Waals surface area contributed by atoms with E-state index in [0.717, 1.165) is 12.6 Å². The number of ketones is 1. The molecule has 0 amide bonds. The molecule has 0 unspecified atom stereocenters. The molecular formula is C21H23ClN6O6S. The molecule has 1 aromatic carbocycles. The molecule has 0 radical (unpaired) electrons. The fourth-order valence-electron chi connectivity index (χ4n) is 3.75. The lowest BCUT2D eigenvalue weighted by Gasteiger charge is -2.19. The van der Waals surface area contributed by atoms with E-state index < -0.39 is 40.4 Å². The zero-order valence-electron chi connectivity index (χ0n) is 18.4. The topological polar surface area (TPSA) is 169 Å². The number of nitrogens with zero attached hydrogens (tertiary/aromatic N) is 4. The lowest BCUT2D eigenvalue weighted by Crippen LogP contribution is -2.38. The number of aliphatic hydroxyl groups is 2. The van der Waals surface area contributed by atoms with E-state index in [4.69, 9.17) is 15.8 Å². The summed E-state index contributed by atoms with van der Waals surface area (Å²) in [6, 6.07) is 8.66. The lowest BCUT2D eigenvalue weighted by atomic mass is 10.1. The highest BCUT2D eigenvalue weighted by atomic mass is 35.5. The van der Waals surface area contributed by atoms with Crippen molar-refractivity contribution in [1.29, 1.82) is 0 Å². The molecular weight excluding hydrogens is 500 g/mol. The van der Waals surface area contributed by atoms with Crippen LogP contribution in [-0.4, -0.2) is 75.6 Å². The Balaban J connectivity index is 1.53. The van der Waals surface area contributed by atoms with E-state index in [2.05, 4.69) is 20.4 Å². The van der Waals surface area contributed by atoms with Crippen molar-refractivity contribution in [3.63, 3.8) is 0 Å². The van der Waals surface area contributed by atoms with Crippen molar-refractivity contribution in [3.05, 3.63) is 70.9 Å². The zero-order chi connectivity index (χ0) is 25.2. The summed E-state index contributed by atoms with van der Waals surface area (Å²) < 4.78 is 31.8. The van der Waals surface area contributed by atoms with Crippen molar-refractivity contribution in [2.45, 2.75) is 37.3 Å². The van der Waals surface area contributed by atoms with Gasteiger partial charge < -0.3 is 15.5 Å². The summed E-state index contributed by atoms with van der Waals surface area (Å²) in [4.78, 5) is 21.2. The third-order valence-corrected chi connectivity index (χ3v) is 6.81. The summed E-state index contributed by atoms with van der Waals surface area (Å²) in [5, 5.41) is 28.0. The Kier molecular flexibility index (Phi) is 7.44. The Hall–Kier alpha value is -2.94. The van der Waals surface area contributed by atoms with E-state index in [-0.39, 0.29) is 28.5 Å². The molecule has 4 rings (SSSR count). The summed E-state index contributed by atoms with van der Waals surface area (Å²) in [6.07, 6.45) is -0.136. The highest BCUT2D eigenvalue weighted by Crippen LogP contribution is 2.29. The van der Waals surface area contributed by atoms with Crippen molar-refractivity contribution in [2.24, 2.45) is 0 Å². The van der Waals surface area contributed by atoms with Crippen molar-refractivity contribution < 1.29 is 27.6 Å². The number of carbonyl (C=O) groups excluding carboxylic acids is 1. The van der Waals surface area contributed by atoms with Crippen LogP contribution in [0.5, 0.6) is 0 Å². The Bertz CT molecular complexity index is 1300. The van der Waals surface area contributed by atoms with Crippen LogP contribution in [0.4, 0.5) is 5.82 Å². The van der Waals surface area contributed by atoms with Gasteiger partial charge in [0.15, 0.2) is 5.69 Å². The number of nitrogens with one attached hydrogen (secondary N) is 2. The van der Waals surface area contributed by atoms with Gasteiger partial charge in [-0.05, 0) is 5.56 Å². The molecule has 2 aromatic heterocycles. The zero-order valence-corrected chi connectivity index (χ0v) is 20.0. The predicted octanol–water partition coefficient (Wildman–Crippen LogP) is 0.361. The predicted molar refractivity (Wildman–Crippen MR) is 125 cm³/mol. The number of halogens is 1. The van der Waals surface area contributed by atoms with Crippen LogP contribution < -0.4 is 10.0 Å². The molecule has 14 heteroatoms.